The van der Waals surface area contributed by atoms with E-state index in [9.17, 15) is 18.0 Å². The summed E-state index contributed by atoms with van der Waals surface area (Å²) in [7, 11) is -3.83. The summed E-state index contributed by atoms with van der Waals surface area (Å²) in [5, 5.41) is 2.71. The zero-order valence-corrected chi connectivity index (χ0v) is 19.5. The Kier molecular flexibility index (Phi) is 6.90. The van der Waals surface area contributed by atoms with Gasteiger partial charge in [0.2, 0.25) is 10.0 Å². The van der Waals surface area contributed by atoms with Crippen LogP contribution in [-0.4, -0.2) is 49.9 Å². The number of anilines is 1. The van der Waals surface area contributed by atoms with E-state index in [1.54, 1.807) is 51.1 Å². The lowest BCUT2D eigenvalue weighted by atomic mass is 9.89. The number of nitrogens with zero attached hydrogens (tertiary/aromatic N) is 1. The molecule has 0 bridgehead atoms. The third-order valence-electron chi connectivity index (χ3n) is 5.39. The highest BCUT2D eigenvalue weighted by atomic mass is 32.2. The highest BCUT2D eigenvalue weighted by molar-refractivity contribution is 7.89. The van der Waals surface area contributed by atoms with Gasteiger partial charge in [0, 0.05) is 25.2 Å². The average Bonchev–Trinajstić information content (AvgIpc) is 2.75. The lowest BCUT2D eigenvalue weighted by Crippen LogP contribution is -2.48. The van der Waals surface area contributed by atoms with Gasteiger partial charge in [-0.2, -0.15) is 4.31 Å². The summed E-state index contributed by atoms with van der Waals surface area (Å²) < 4.78 is 38.6. The highest BCUT2D eigenvalue weighted by Crippen LogP contribution is 2.32. The lowest BCUT2D eigenvalue weighted by Gasteiger charge is -2.33. The molecule has 1 heterocycles. The van der Waals surface area contributed by atoms with Gasteiger partial charge in [0.1, 0.15) is 10.6 Å². The van der Waals surface area contributed by atoms with Crippen LogP contribution in [0.2, 0.25) is 0 Å². The Morgan fingerprint density at radius 3 is 2.50 bits per heavy atom. The van der Waals surface area contributed by atoms with Crippen LogP contribution < -0.4 is 10.1 Å². The third kappa shape index (κ3) is 4.49. The number of nitrogens with one attached hydrogen (secondary N) is 1. The van der Waals surface area contributed by atoms with Crippen molar-refractivity contribution in [2.75, 3.05) is 25.0 Å². The fraction of sp³-hybridized carbons (Fsp3) is 0.391. The van der Waals surface area contributed by atoms with E-state index in [0.717, 1.165) is 5.56 Å². The first-order valence-corrected chi connectivity index (χ1v) is 12.0. The number of hydrogen-bond donors (Lipinski definition) is 1. The van der Waals surface area contributed by atoms with Gasteiger partial charge in [-0.05, 0) is 43.7 Å². The third-order valence-corrected chi connectivity index (χ3v) is 7.46. The van der Waals surface area contributed by atoms with Crippen molar-refractivity contribution in [2.24, 2.45) is 0 Å². The molecule has 2 aromatic rings. The zero-order valence-electron chi connectivity index (χ0n) is 18.7. The number of sulfonamides is 1. The van der Waals surface area contributed by atoms with Crippen molar-refractivity contribution in [3.63, 3.8) is 0 Å². The van der Waals surface area contributed by atoms with Crippen LogP contribution in [0.1, 0.15) is 43.6 Å². The van der Waals surface area contributed by atoms with Gasteiger partial charge in [-0.3, -0.25) is 4.79 Å². The summed E-state index contributed by atoms with van der Waals surface area (Å²) in [6.45, 7) is 7.70. The van der Waals surface area contributed by atoms with Crippen molar-refractivity contribution in [1.29, 1.82) is 0 Å². The Bertz CT molecular complexity index is 1130. The maximum atomic E-state index is 13.1. The molecule has 1 unspecified atom stereocenters. The predicted molar refractivity (Wildman–Crippen MR) is 120 cm³/mol. The van der Waals surface area contributed by atoms with Crippen molar-refractivity contribution >= 4 is 27.6 Å². The molecule has 172 valence electrons. The monoisotopic (exact) mass is 460 g/mol. The number of hydrogen-bond acceptors (Lipinski definition) is 6. The SMILES string of the molecule is CCOc1ccc(NC(=O)C2(C)Cc3ccccc3C(=O)O2)cc1S(=O)(=O)N(CC)CC. The van der Waals surface area contributed by atoms with Crippen molar-refractivity contribution in [1.82, 2.24) is 4.31 Å². The maximum Gasteiger partial charge on any atom is 0.339 e. The Balaban J connectivity index is 1.92. The van der Waals surface area contributed by atoms with Crippen molar-refractivity contribution in [3.8, 4) is 5.75 Å². The van der Waals surface area contributed by atoms with Crippen LogP contribution >= 0.6 is 0 Å². The standard InChI is InChI=1S/C23H28N2O6S/c1-5-25(6-2)32(28,29)20-14-17(12-13-19(20)30-7-3)24-22(27)23(4)15-16-10-8-9-11-18(16)21(26)31-23/h8-14H,5-7,15H2,1-4H3,(H,24,27). The van der Waals surface area contributed by atoms with Gasteiger partial charge in [-0.15, -0.1) is 0 Å². The van der Waals surface area contributed by atoms with E-state index in [1.807, 2.05) is 0 Å². The minimum atomic E-state index is -3.83. The molecule has 9 heteroatoms. The fourth-order valence-electron chi connectivity index (χ4n) is 3.69. The average molecular weight is 461 g/mol. The molecule has 1 aliphatic rings. The van der Waals surface area contributed by atoms with E-state index < -0.39 is 27.5 Å². The van der Waals surface area contributed by atoms with Crippen LogP contribution in [0.3, 0.4) is 0 Å². The molecule has 3 rings (SSSR count). The largest absolute Gasteiger partial charge is 0.492 e. The molecular weight excluding hydrogens is 432 g/mol. The van der Waals surface area contributed by atoms with Crippen molar-refractivity contribution < 1.29 is 27.5 Å². The molecule has 2 aromatic carbocycles. The van der Waals surface area contributed by atoms with E-state index >= 15 is 0 Å². The Morgan fingerprint density at radius 1 is 1.16 bits per heavy atom. The second-order valence-corrected chi connectivity index (χ2v) is 9.50. The molecule has 0 aromatic heterocycles. The molecule has 0 saturated heterocycles. The second kappa shape index (κ2) is 9.30. The van der Waals surface area contributed by atoms with Gasteiger partial charge >= 0.3 is 5.97 Å². The van der Waals surface area contributed by atoms with E-state index in [-0.39, 0.29) is 22.8 Å². The van der Waals surface area contributed by atoms with Crippen LogP contribution in [0, 0.1) is 0 Å². The molecule has 1 atom stereocenters. The fourth-order valence-corrected chi connectivity index (χ4v) is 5.30. The highest BCUT2D eigenvalue weighted by Gasteiger charge is 2.42. The summed E-state index contributed by atoms with van der Waals surface area (Å²) in [5.74, 6) is -0.904. The molecular formula is C23H28N2O6S. The molecule has 0 radical (unpaired) electrons. The number of fused-ring (bicyclic) bond motifs is 1. The second-order valence-electron chi connectivity index (χ2n) is 7.59. The smallest absolute Gasteiger partial charge is 0.339 e. The molecule has 1 aliphatic heterocycles. The number of carbonyl (C=O) groups excluding carboxylic acids is 2. The summed E-state index contributed by atoms with van der Waals surface area (Å²) >= 11 is 0. The number of esters is 1. The predicted octanol–water partition coefficient (Wildman–Crippen LogP) is 3.23. The minimum absolute atomic E-state index is 0.0306. The normalized spacial score (nSPS) is 18.1. The molecule has 1 N–H and O–H groups in total. The van der Waals surface area contributed by atoms with Crippen LogP contribution in [0.25, 0.3) is 0 Å². The number of amides is 1. The van der Waals surface area contributed by atoms with E-state index in [4.69, 9.17) is 9.47 Å². The van der Waals surface area contributed by atoms with Crippen LogP contribution in [0.4, 0.5) is 5.69 Å². The number of cyclic esters (lactones) is 1. The van der Waals surface area contributed by atoms with Gasteiger partial charge in [0.25, 0.3) is 5.91 Å². The van der Waals surface area contributed by atoms with Gasteiger partial charge in [0.05, 0.1) is 12.2 Å². The van der Waals surface area contributed by atoms with Crippen LogP contribution in [-0.2, 0) is 26.0 Å². The lowest BCUT2D eigenvalue weighted by molar-refractivity contribution is -0.134. The number of rotatable bonds is 8. The van der Waals surface area contributed by atoms with E-state index in [2.05, 4.69) is 5.32 Å². The first-order valence-electron chi connectivity index (χ1n) is 10.6. The Hall–Kier alpha value is -2.91. The summed E-state index contributed by atoms with van der Waals surface area (Å²) in [5.41, 5.74) is -0.00766. The van der Waals surface area contributed by atoms with Crippen molar-refractivity contribution in [3.05, 3.63) is 53.6 Å². The number of benzene rings is 2. The van der Waals surface area contributed by atoms with Gasteiger partial charge in [-0.1, -0.05) is 32.0 Å². The molecule has 32 heavy (non-hydrogen) atoms. The molecule has 8 nitrogen and oxygen atoms in total. The molecule has 0 aliphatic carbocycles. The molecule has 0 fully saturated rings. The molecule has 0 spiro atoms. The molecule has 0 saturated carbocycles. The quantitative estimate of drug-likeness (QED) is 0.607. The Morgan fingerprint density at radius 2 is 1.84 bits per heavy atom. The van der Waals surface area contributed by atoms with Gasteiger partial charge < -0.3 is 14.8 Å². The first-order chi connectivity index (χ1) is 15.2. The van der Waals surface area contributed by atoms with E-state index in [0.29, 0.717) is 25.3 Å². The maximum absolute atomic E-state index is 13.1. The number of ether oxygens (including phenoxy) is 2. The van der Waals surface area contributed by atoms with Crippen LogP contribution in [0.15, 0.2) is 47.4 Å². The molecule has 1 amide bonds. The van der Waals surface area contributed by atoms with Gasteiger partial charge in [0.15, 0.2) is 5.60 Å². The van der Waals surface area contributed by atoms with Gasteiger partial charge in [-0.25, -0.2) is 13.2 Å². The summed E-state index contributed by atoms with van der Waals surface area (Å²) in [6.07, 6.45) is 0.211. The van der Waals surface area contributed by atoms with Crippen molar-refractivity contribution in [2.45, 2.75) is 44.6 Å². The Labute approximate surface area is 188 Å². The summed E-state index contributed by atoms with van der Waals surface area (Å²) in [6, 6.07) is 11.4. The first kappa shape index (κ1) is 23.7. The zero-order chi connectivity index (χ0) is 23.5. The van der Waals surface area contributed by atoms with Crippen LogP contribution in [0.5, 0.6) is 5.75 Å². The minimum Gasteiger partial charge on any atom is -0.492 e. The topological polar surface area (TPSA) is 102 Å². The summed E-state index contributed by atoms with van der Waals surface area (Å²) in [4.78, 5) is 25.5. The number of carbonyl (C=O) groups is 2. The van der Waals surface area contributed by atoms with E-state index in [1.165, 1.54) is 23.4 Å².